The topological polar surface area (TPSA) is 52.8 Å². The van der Waals surface area contributed by atoms with Gasteiger partial charge >= 0.3 is 6.18 Å². The molecule has 0 saturated carbocycles. The van der Waals surface area contributed by atoms with Crippen molar-refractivity contribution in [2.24, 2.45) is 7.05 Å². The Balaban J connectivity index is 2.16. The van der Waals surface area contributed by atoms with E-state index in [0.717, 1.165) is 12.3 Å². The lowest BCUT2D eigenvalue weighted by atomic mass is 10.1. The van der Waals surface area contributed by atoms with Gasteiger partial charge in [0.25, 0.3) is 0 Å². The van der Waals surface area contributed by atoms with E-state index in [1.54, 1.807) is 30.1 Å². The first kappa shape index (κ1) is 17.2. The summed E-state index contributed by atoms with van der Waals surface area (Å²) in [5, 5.41) is 0. The Morgan fingerprint density at radius 2 is 1.84 bits per heavy atom. The number of alkyl halides is 3. The number of aromatic nitrogens is 4. The zero-order valence-corrected chi connectivity index (χ0v) is 14.2. The highest BCUT2D eigenvalue weighted by Crippen LogP contribution is 2.34. The Labute approximate surface area is 142 Å². The van der Waals surface area contributed by atoms with Gasteiger partial charge in [-0.15, -0.1) is 0 Å². The average molecular weight is 350 g/mol. The second-order valence-corrected chi connectivity index (χ2v) is 6.65. The third-order valence-corrected chi connectivity index (χ3v) is 3.48. The number of aryl methyl sites for hydroxylation is 1. The molecule has 0 amide bonds. The maximum atomic E-state index is 12.9. The molecule has 0 aromatic carbocycles. The van der Waals surface area contributed by atoms with Crippen molar-refractivity contribution in [3.8, 4) is 17.1 Å². The van der Waals surface area contributed by atoms with Crippen LogP contribution in [0.5, 0.6) is 5.75 Å². The summed E-state index contributed by atoms with van der Waals surface area (Å²) in [5.41, 5.74) is -0.110. The van der Waals surface area contributed by atoms with Crippen LogP contribution in [-0.2, 0) is 13.2 Å². The fourth-order valence-corrected chi connectivity index (χ4v) is 2.45. The first-order valence-electron chi connectivity index (χ1n) is 7.59. The van der Waals surface area contributed by atoms with Crippen LogP contribution in [0.1, 0.15) is 26.3 Å². The molecular formula is C17H17F3N4O. The van der Waals surface area contributed by atoms with E-state index in [0.29, 0.717) is 22.8 Å². The summed E-state index contributed by atoms with van der Waals surface area (Å²) in [7, 11) is 1.70. The molecule has 0 unspecified atom stereocenters. The van der Waals surface area contributed by atoms with E-state index < -0.39 is 17.3 Å². The third kappa shape index (κ3) is 3.42. The molecule has 0 saturated heterocycles. The molecule has 0 aliphatic rings. The number of fused-ring (bicyclic) bond motifs is 1. The van der Waals surface area contributed by atoms with Crippen LogP contribution in [0, 0.1) is 0 Å². The molecule has 0 aliphatic heterocycles. The Hall–Kier alpha value is -2.64. The van der Waals surface area contributed by atoms with Crippen molar-refractivity contribution in [3.05, 3.63) is 36.3 Å². The largest absolute Gasteiger partial charge is 0.486 e. The van der Waals surface area contributed by atoms with Crippen molar-refractivity contribution in [3.63, 3.8) is 0 Å². The molecule has 3 aromatic heterocycles. The van der Waals surface area contributed by atoms with E-state index in [-0.39, 0.29) is 5.52 Å². The quantitative estimate of drug-likeness (QED) is 0.694. The number of halogens is 3. The minimum atomic E-state index is -4.46. The number of imidazole rings is 1. The number of rotatable bonds is 2. The molecule has 8 heteroatoms. The summed E-state index contributed by atoms with van der Waals surface area (Å²) >= 11 is 0. The molecule has 3 aromatic rings. The van der Waals surface area contributed by atoms with Gasteiger partial charge < -0.3 is 9.30 Å². The number of hydrogen-bond acceptors (Lipinski definition) is 4. The van der Waals surface area contributed by atoms with Crippen molar-refractivity contribution < 1.29 is 17.9 Å². The second-order valence-electron chi connectivity index (χ2n) is 6.65. The number of nitrogens with zero attached hydrogens (tertiary/aromatic N) is 4. The highest BCUT2D eigenvalue weighted by molar-refractivity contribution is 5.79. The van der Waals surface area contributed by atoms with Gasteiger partial charge in [-0.1, -0.05) is 0 Å². The van der Waals surface area contributed by atoms with Crippen molar-refractivity contribution >= 4 is 11.2 Å². The normalized spacial score (nSPS) is 12.6. The monoisotopic (exact) mass is 350 g/mol. The summed E-state index contributed by atoms with van der Waals surface area (Å²) in [6.45, 7) is 5.70. The van der Waals surface area contributed by atoms with Crippen LogP contribution in [0.4, 0.5) is 13.2 Å². The van der Waals surface area contributed by atoms with Gasteiger partial charge in [-0.3, -0.25) is 4.98 Å². The lowest BCUT2D eigenvalue weighted by Gasteiger charge is -2.22. The molecule has 0 bridgehead atoms. The molecule has 25 heavy (non-hydrogen) atoms. The Morgan fingerprint density at radius 3 is 2.48 bits per heavy atom. The second kappa shape index (κ2) is 5.72. The van der Waals surface area contributed by atoms with E-state index in [9.17, 15) is 13.2 Å². The van der Waals surface area contributed by atoms with E-state index in [1.165, 1.54) is 0 Å². The average Bonchev–Trinajstić information content (AvgIpc) is 2.82. The van der Waals surface area contributed by atoms with Crippen LogP contribution in [0.3, 0.4) is 0 Å². The van der Waals surface area contributed by atoms with Crippen molar-refractivity contribution in [2.45, 2.75) is 32.5 Å². The fourth-order valence-electron chi connectivity index (χ4n) is 2.45. The minimum Gasteiger partial charge on any atom is -0.486 e. The summed E-state index contributed by atoms with van der Waals surface area (Å²) in [6, 6.07) is 2.71. The molecule has 0 fully saturated rings. The van der Waals surface area contributed by atoms with Crippen LogP contribution < -0.4 is 4.74 Å². The molecule has 0 atom stereocenters. The van der Waals surface area contributed by atoms with Gasteiger partial charge in [0.05, 0.1) is 17.3 Å². The highest BCUT2D eigenvalue weighted by Gasteiger charge is 2.32. The number of hydrogen-bond donors (Lipinski definition) is 0. The van der Waals surface area contributed by atoms with Gasteiger partial charge in [0, 0.05) is 19.4 Å². The van der Waals surface area contributed by atoms with Gasteiger partial charge in [-0.25, -0.2) is 9.97 Å². The lowest BCUT2D eigenvalue weighted by molar-refractivity contribution is -0.137. The van der Waals surface area contributed by atoms with E-state index in [2.05, 4.69) is 15.0 Å². The standard InChI is InChI=1S/C17H17F3N4O/c1-16(2,3)25-13-9-21-6-5-11(13)14-23-12-7-10(17(18,19)20)8-22-15(12)24(14)4/h5-9H,1-4H3. The molecule has 132 valence electrons. The van der Waals surface area contributed by atoms with Gasteiger partial charge in [0.2, 0.25) is 0 Å². The highest BCUT2D eigenvalue weighted by atomic mass is 19.4. The minimum absolute atomic E-state index is 0.172. The SMILES string of the molecule is Cn1c(-c2ccncc2OC(C)(C)C)nc2cc(C(F)(F)F)cnc21. The van der Waals surface area contributed by atoms with E-state index >= 15 is 0 Å². The predicted octanol–water partition coefficient (Wildman–Crippen LogP) is 4.23. The number of pyridine rings is 2. The molecule has 0 spiro atoms. The molecular weight excluding hydrogens is 333 g/mol. The van der Waals surface area contributed by atoms with Gasteiger partial charge in [0.1, 0.15) is 22.7 Å². The maximum absolute atomic E-state index is 12.9. The van der Waals surface area contributed by atoms with E-state index in [1.807, 2.05) is 20.8 Å². The molecule has 0 N–H and O–H groups in total. The molecule has 5 nitrogen and oxygen atoms in total. The van der Waals surface area contributed by atoms with Crippen molar-refractivity contribution in [1.82, 2.24) is 19.5 Å². The van der Waals surface area contributed by atoms with Gasteiger partial charge in [0.15, 0.2) is 5.65 Å². The summed E-state index contributed by atoms with van der Waals surface area (Å²) in [4.78, 5) is 12.3. The molecule has 3 rings (SSSR count). The van der Waals surface area contributed by atoms with Crippen LogP contribution in [0.15, 0.2) is 30.7 Å². The molecule has 3 heterocycles. The van der Waals surface area contributed by atoms with Gasteiger partial charge in [-0.05, 0) is 32.9 Å². The Kier molecular flexibility index (Phi) is 3.93. The smallest absolute Gasteiger partial charge is 0.417 e. The summed E-state index contributed by atoms with van der Waals surface area (Å²) in [5.74, 6) is 0.966. The van der Waals surface area contributed by atoms with Crippen molar-refractivity contribution in [2.75, 3.05) is 0 Å². The lowest BCUT2D eigenvalue weighted by Crippen LogP contribution is -2.23. The fraction of sp³-hybridized carbons (Fsp3) is 0.353. The van der Waals surface area contributed by atoms with Gasteiger partial charge in [-0.2, -0.15) is 13.2 Å². The zero-order chi connectivity index (χ0) is 18.4. The van der Waals surface area contributed by atoms with Crippen LogP contribution in [0.25, 0.3) is 22.6 Å². The Morgan fingerprint density at radius 1 is 1.12 bits per heavy atom. The maximum Gasteiger partial charge on any atom is 0.417 e. The Bertz CT molecular complexity index is 926. The van der Waals surface area contributed by atoms with Crippen LogP contribution in [-0.4, -0.2) is 25.1 Å². The third-order valence-electron chi connectivity index (χ3n) is 3.48. The summed E-state index contributed by atoms with van der Waals surface area (Å²) < 4.78 is 46.2. The zero-order valence-electron chi connectivity index (χ0n) is 14.2. The first-order valence-corrected chi connectivity index (χ1v) is 7.59. The molecule has 0 aliphatic carbocycles. The van der Waals surface area contributed by atoms with Crippen molar-refractivity contribution in [1.29, 1.82) is 0 Å². The van der Waals surface area contributed by atoms with Crippen LogP contribution in [0.2, 0.25) is 0 Å². The molecule has 0 radical (unpaired) electrons. The number of ether oxygens (including phenoxy) is 1. The first-order chi connectivity index (χ1) is 11.6. The summed E-state index contributed by atoms with van der Waals surface area (Å²) in [6.07, 6.45) is -0.504. The van der Waals surface area contributed by atoms with Crippen LogP contribution >= 0.6 is 0 Å². The predicted molar refractivity (Wildman–Crippen MR) is 87.1 cm³/mol. The van der Waals surface area contributed by atoms with E-state index in [4.69, 9.17) is 4.74 Å².